The zero-order valence-corrected chi connectivity index (χ0v) is 20.1. The molecule has 1 heterocycles. The third-order valence-corrected chi connectivity index (χ3v) is 6.11. The van der Waals surface area contributed by atoms with Gasteiger partial charge < -0.3 is 14.2 Å². The lowest BCUT2D eigenvalue weighted by atomic mass is 10.0. The molecule has 0 saturated heterocycles. The Kier molecular flexibility index (Phi) is 7.08. The fourth-order valence-corrected chi connectivity index (χ4v) is 4.52. The molecule has 5 nitrogen and oxygen atoms in total. The van der Waals surface area contributed by atoms with E-state index in [0.29, 0.717) is 12.4 Å². The molecular weight excluding hydrogens is 429 g/mol. The van der Waals surface area contributed by atoms with Crippen molar-refractivity contribution in [1.29, 1.82) is 0 Å². The zero-order valence-electron chi connectivity index (χ0n) is 20.1. The average molecular weight is 460 g/mol. The van der Waals surface area contributed by atoms with E-state index in [4.69, 9.17) is 9.72 Å². The predicted molar refractivity (Wildman–Crippen MR) is 135 cm³/mol. The lowest BCUT2D eigenvalue weighted by Gasteiger charge is -2.32. The number of hydrogen-bond donors (Lipinski definition) is 0. The van der Waals surface area contributed by atoms with Crippen molar-refractivity contribution < 1.29 is 13.9 Å². The lowest BCUT2D eigenvalue weighted by molar-refractivity contribution is -0.119. The monoisotopic (exact) mass is 459 g/mol. The number of aromatic nitrogens is 2. The molecule has 0 aliphatic rings. The highest BCUT2D eigenvalue weighted by Crippen LogP contribution is 2.30. The molecule has 0 aliphatic carbocycles. The van der Waals surface area contributed by atoms with Crippen molar-refractivity contribution in [3.8, 4) is 11.4 Å². The van der Waals surface area contributed by atoms with Crippen molar-refractivity contribution >= 4 is 22.6 Å². The molecule has 1 aromatic heterocycles. The molecule has 0 N–H and O–H groups in total. The van der Waals surface area contributed by atoms with E-state index >= 15 is 0 Å². The summed E-state index contributed by atoms with van der Waals surface area (Å²) < 4.78 is 20.9. The molecule has 0 radical (unpaired) electrons. The van der Waals surface area contributed by atoms with Gasteiger partial charge in [0.15, 0.2) is 0 Å². The molecule has 1 amide bonds. The molecule has 0 aliphatic heterocycles. The van der Waals surface area contributed by atoms with Crippen LogP contribution in [-0.4, -0.2) is 35.2 Å². The number of fused-ring (bicyclic) bond motifs is 1. The van der Waals surface area contributed by atoms with E-state index < -0.39 is 0 Å². The van der Waals surface area contributed by atoms with E-state index in [-0.39, 0.29) is 24.3 Å². The fourth-order valence-electron chi connectivity index (χ4n) is 4.52. The fraction of sp³-hybridized carbons (Fsp3) is 0.286. The first-order valence-corrected chi connectivity index (χ1v) is 11.5. The molecule has 0 saturated carbocycles. The molecule has 1 atom stereocenters. The Morgan fingerprint density at radius 3 is 2.53 bits per heavy atom. The average Bonchev–Trinajstić information content (AvgIpc) is 3.19. The summed E-state index contributed by atoms with van der Waals surface area (Å²) in [5.41, 5.74) is 5.50. The van der Waals surface area contributed by atoms with Gasteiger partial charge >= 0.3 is 0 Å². The van der Waals surface area contributed by atoms with E-state index in [2.05, 4.69) is 13.0 Å². The van der Waals surface area contributed by atoms with Crippen molar-refractivity contribution in [2.45, 2.75) is 39.8 Å². The number of para-hydroxylation sites is 3. The van der Waals surface area contributed by atoms with Gasteiger partial charge in [0.25, 0.3) is 0 Å². The number of anilines is 1. The number of carbonyl (C=O) groups is 1. The number of methoxy groups -OCH3 is 1. The summed E-state index contributed by atoms with van der Waals surface area (Å²) in [6, 6.07) is 19.9. The topological polar surface area (TPSA) is 47.4 Å². The quantitative estimate of drug-likeness (QED) is 0.336. The maximum absolute atomic E-state index is 14.0. The van der Waals surface area contributed by atoms with Gasteiger partial charge in [-0.1, -0.05) is 37.3 Å². The maximum Gasteiger partial charge on any atom is 0.247 e. The predicted octanol–water partition coefficient (Wildman–Crippen LogP) is 5.78. The Morgan fingerprint density at radius 2 is 1.82 bits per heavy atom. The van der Waals surface area contributed by atoms with Crippen LogP contribution in [0.5, 0.6) is 0 Å². The third-order valence-electron chi connectivity index (χ3n) is 6.11. The van der Waals surface area contributed by atoms with E-state index in [9.17, 15) is 9.18 Å². The van der Waals surface area contributed by atoms with Gasteiger partial charge in [0, 0.05) is 12.7 Å². The summed E-state index contributed by atoms with van der Waals surface area (Å²) >= 11 is 0. The van der Waals surface area contributed by atoms with Gasteiger partial charge in [0.05, 0.1) is 29.4 Å². The second-order valence-corrected chi connectivity index (χ2v) is 8.52. The molecule has 4 aromatic rings. The number of halogens is 1. The van der Waals surface area contributed by atoms with Crippen molar-refractivity contribution in [2.75, 3.05) is 18.6 Å². The number of hydrogen-bond acceptors (Lipinski definition) is 3. The molecule has 0 spiro atoms. The van der Waals surface area contributed by atoms with Gasteiger partial charge in [-0.05, 0) is 67.8 Å². The van der Waals surface area contributed by atoms with Gasteiger partial charge in [-0.2, -0.15) is 0 Å². The SMILES string of the molecule is CCc1cccc(C)c1N(C(=O)Cn1c(-c2ccc(F)cc2)nc2ccccc21)C(C)COC. The molecule has 6 heteroatoms. The molecule has 1 unspecified atom stereocenters. The number of ether oxygens (including phenoxy) is 1. The molecule has 4 rings (SSSR count). The number of rotatable bonds is 8. The van der Waals surface area contributed by atoms with Gasteiger partial charge in [-0.25, -0.2) is 9.37 Å². The smallest absolute Gasteiger partial charge is 0.247 e. The largest absolute Gasteiger partial charge is 0.383 e. The molecule has 3 aromatic carbocycles. The van der Waals surface area contributed by atoms with E-state index in [1.165, 1.54) is 12.1 Å². The Labute approximate surface area is 199 Å². The number of benzene rings is 3. The van der Waals surface area contributed by atoms with Crippen molar-refractivity contribution in [1.82, 2.24) is 9.55 Å². The molecular formula is C28H30FN3O2. The third kappa shape index (κ3) is 4.59. The van der Waals surface area contributed by atoms with E-state index in [1.54, 1.807) is 19.2 Å². The van der Waals surface area contributed by atoms with Crippen LogP contribution in [0.25, 0.3) is 22.4 Å². The molecule has 176 valence electrons. The lowest BCUT2D eigenvalue weighted by Crippen LogP contribution is -2.44. The van der Waals surface area contributed by atoms with E-state index in [1.807, 2.05) is 59.7 Å². The number of aryl methyl sites for hydroxylation is 2. The first kappa shape index (κ1) is 23.6. The second kappa shape index (κ2) is 10.2. The van der Waals surface area contributed by atoms with Gasteiger partial charge in [0.2, 0.25) is 5.91 Å². The minimum Gasteiger partial charge on any atom is -0.383 e. The summed E-state index contributed by atoms with van der Waals surface area (Å²) in [6.45, 7) is 6.64. The van der Waals surface area contributed by atoms with Crippen LogP contribution in [0.2, 0.25) is 0 Å². The second-order valence-electron chi connectivity index (χ2n) is 8.52. The van der Waals surface area contributed by atoms with Crippen molar-refractivity contribution in [2.24, 2.45) is 0 Å². The van der Waals surface area contributed by atoms with Crippen LogP contribution in [0.15, 0.2) is 66.7 Å². The number of nitrogens with zero attached hydrogens (tertiary/aromatic N) is 3. The Morgan fingerprint density at radius 1 is 1.09 bits per heavy atom. The highest BCUT2D eigenvalue weighted by atomic mass is 19.1. The minimum atomic E-state index is -0.311. The summed E-state index contributed by atoms with van der Waals surface area (Å²) in [6.07, 6.45) is 0.815. The Hall–Kier alpha value is -3.51. The summed E-state index contributed by atoms with van der Waals surface area (Å²) in [5.74, 6) is 0.267. The number of amides is 1. The summed E-state index contributed by atoms with van der Waals surface area (Å²) in [4.78, 5) is 20.6. The van der Waals surface area contributed by atoms with Crippen LogP contribution in [0.3, 0.4) is 0 Å². The normalized spacial score (nSPS) is 12.1. The molecule has 34 heavy (non-hydrogen) atoms. The van der Waals surface area contributed by atoms with Crippen LogP contribution in [0.1, 0.15) is 25.0 Å². The summed E-state index contributed by atoms with van der Waals surface area (Å²) in [7, 11) is 1.65. The zero-order chi connectivity index (χ0) is 24.2. The van der Waals surface area contributed by atoms with Crippen LogP contribution in [0, 0.1) is 12.7 Å². The van der Waals surface area contributed by atoms with Gasteiger partial charge in [-0.3, -0.25) is 4.79 Å². The highest BCUT2D eigenvalue weighted by molar-refractivity contribution is 5.97. The Balaban J connectivity index is 1.82. The summed E-state index contributed by atoms with van der Waals surface area (Å²) in [5, 5.41) is 0. The highest BCUT2D eigenvalue weighted by Gasteiger charge is 2.27. The molecule has 0 fully saturated rings. The van der Waals surface area contributed by atoms with Crippen LogP contribution < -0.4 is 4.90 Å². The first-order chi connectivity index (χ1) is 16.4. The van der Waals surface area contributed by atoms with Crippen molar-refractivity contribution in [3.05, 3.63) is 83.7 Å². The van der Waals surface area contributed by atoms with Crippen LogP contribution in [-0.2, 0) is 22.5 Å². The standard InChI is InChI=1S/C28H30FN3O2/c1-5-21-10-8-9-19(2)27(21)32(20(3)18-34-4)26(33)17-31-25-12-7-6-11-24(25)30-28(31)22-13-15-23(29)16-14-22/h6-16,20H,5,17-18H2,1-4H3. The first-order valence-electron chi connectivity index (χ1n) is 11.5. The van der Waals surface area contributed by atoms with Crippen molar-refractivity contribution in [3.63, 3.8) is 0 Å². The minimum absolute atomic E-state index is 0.0555. The number of carbonyl (C=O) groups excluding carboxylic acids is 1. The number of imidazole rings is 1. The van der Waals surface area contributed by atoms with Crippen LogP contribution in [0.4, 0.5) is 10.1 Å². The van der Waals surface area contributed by atoms with Gasteiger partial charge in [-0.15, -0.1) is 0 Å². The van der Waals surface area contributed by atoms with Gasteiger partial charge in [0.1, 0.15) is 18.2 Å². The van der Waals surface area contributed by atoms with Crippen LogP contribution >= 0.6 is 0 Å². The Bertz CT molecular complexity index is 1300. The maximum atomic E-state index is 14.0. The van der Waals surface area contributed by atoms with E-state index in [0.717, 1.165) is 39.8 Å². The molecule has 0 bridgehead atoms.